The van der Waals surface area contributed by atoms with E-state index in [0.717, 1.165) is 11.8 Å². The second-order valence-corrected chi connectivity index (χ2v) is 5.88. The van der Waals surface area contributed by atoms with Gasteiger partial charge in [0.25, 0.3) is 0 Å². The molecule has 0 saturated carbocycles. The molecule has 1 aromatic carbocycles. The third-order valence-corrected chi connectivity index (χ3v) is 4.31. The van der Waals surface area contributed by atoms with E-state index in [9.17, 15) is 0 Å². The van der Waals surface area contributed by atoms with Gasteiger partial charge in [-0.05, 0) is 37.1 Å². The zero-order valence-corrected chi connectivity index (χ0v) is 11.1. The van der Waals surface area contributed by atoms with Gasteiger partial charge < -0.3 is 5.32 Å². The van der Waals surface area contributed by atoms with Gasteiger partial charge in [-0.1, -0.05) is 28.1 Å². The fourth-order valence-corrected chi connectivity index (χ4v) is 3.39. The quantitative estimate of drug-likeness (QED) is 0.910. The van der Waals surface area contributed by atoms with Gasteiger partial charge in [-0.3, -0.25) is 0 Å². The highest BCUT2D eigenvalue weighted by molar-refractivity contribution is 9.10. The van der Waals surface area contributed by atoms with Crippen molar-refractivity contribution in [3.05, 3.63) is 34.3 Å². The van der Waals surface area contributed by atoms with Crippen molar-refractivity contribution in [2.75, 3.05) is 12.3 Å². The summed E-state index contributed by atoms with van der Waals surface area (Å²) < 4.78 is 1.18. The van der Waals surface area contributed by atoms with Gasteiger partial charge in [0.1, 0.15) is 0 Å². The first-order valence-electron chi connectivity index (χ1n) is 5.40. The molecular weight excluding hydrogens is 270 g/mol. The first-order valence-corrected chi connectivity index (χ1v) is 7.35. The van der Waals surface area contributed by atoms with Crippen LogP contribution in [0.4, 0.5) is 0 Å². The lowest BCUT2D eigenvalue weighted by Gasteiger charge is -2.09. The molecule has 1 heterocycles. The first kappa shape index (κ1) is 11.5. The van der Waals surface area contributed by atoms with Gasteiger partial charge >= 0.3 is 0 Å². The Bertz CT molecular complexity index is 310. The van der Waals surface area contributed by atoms with E-state index in [0.29, 0.717) is 0 Å². The number of rotatable bonds is 4. The maximum absolute atomic E-state index is 3.52. The SMILES string of the molecule is Brc1cccc(CSCC2CCCN2)c1. The van der Waals surface area contributed by atoms with Crippen molar-refractivity contribution < 1.29 is 0 Å². The molecule has 0 amide bonds. The molecule has 2 rings (SSSR count). The van der Waals surface area contributed by atoms with Crippen LogP contribution in [0.2, 0.25) is 0 Å². The fraction of sp³-hybridized carbons (Fsp3) is 0.500. The van der Waals surface area contributed by atoms with Crippen molar-refractivity contribution in [2.24, 2.45) is 0 Å². The average molecular weight is 286 g/mol. The van der Waals surface area contributed by atoms with Gasteiger partial charge in [0.15, 0.2) is 0 Å². The Morgan fingerprint density at radius 1 is 1.47 bits per heavy atom. The van der Waals surface area contributed by atoms with Crippen LogP contribution in [0, 0.1) is 0 Å². The Morgan fingerprint density at radius 2 is 2.40 bits per heavy atom. The number of halogens is 1. The third-order valence-electron chi connectivity index (χ3n) is 2.64. The van der Waals surface area contributed by atoms with Gasteiger partial charge in [0.2, 0.25) is 0 Å². The summed E-state index contributed by atoms with van der Waals surface area (Å²) in [5.74, 6) is 2.37. The molecule has 0 bridgehead atoms. The van der Waals surface area contributed by atoms with Crippen molar-refractivity contribution in [1.82, 2.24) is 5.32 Å². The monoisotopic (exact) mass is 285 g/mol. The summed E-state index contributed by atoms with van der Waals surface area (Å²) in [6.07, 6.45) is 2.70. The molecule has 1 aliphatic rings. The normalized spacial score (nSPS) is 20.7. The highest BCUT2D eigenvalue weighted by atomic mass is 79.9. The summed E-state index contributed by atoms with van der Waals surface area (Å²) in [7, 11) is 0. The number of nitrogens with one attached hydrogen (secondary N) is 1. The smallest absolute Gasteiger partial charge is 0.0185 e. The Balaban J connectivity index is 1.73. The van der Waals surface area contributed by atoms with E-state index in [-0.39, 0.29) is 0 Å². The van der Waals surface area contributed by atoms with E-state index < -0.39 is 0 Å². The predicted molar refractivity (Wildman–Crippen MR) is 71.3 cm³/mol. The van der Waals surface area contributed by atoms with Gasteiger partial charge in [0, 0.05) is 22.0 Å². The molecule has 1 nitrogen and oxygen atoms in total. The van der Waals surface area contributed by atoms with Crippen LogP contribution in [-0.4, -0.2) is 18.3 Å². The molecule has 82 valence electrons. The molecular formula is C12H16BrNS. The molecule has 1 saturated heterocycles. The van der Waals surface area contributed by atoms with E-state index in [1.807, 2.05) is 11.8 Å². The molecule has 1 unspecified atom stereocenters. The zero-order chi connectivity index (χ0) is 10.5. The van der Waals surface area contributed by atoms with E-state index in [4.69, 9.17) is 0 Å². The topological polar surface area (TPSA) is 12.0 Å². The maximum Gasteiger partial charge on any atom is 0.0185 e. The minimum absolute atomic E-state index is 0.752. The summed E-state index contributed by atoms with van der Waals surface area (Å²) >= 11 is 5.53. The van der Waals surface area contributed by atoms with Crippen molar-refractivity contribution in [3.63, 3.8) is 0 Å². The highest BCUT2D eigenvalue weighted by Gasteiger charge is 2.13. The fourth-order valence-electron chi connectivity index (χ4n) is 1.84. The summed E-state index contributed by atoms with van der Waals surface area (Å²) in [4.78, 5) is 0. The van der Waals surface area contributed by atoms with Crippen molar-refractivity contribution in [3.8, 4) is 0 Å². The number of benzene rings is 1. The number of hydrogen-bond donors (Lipinski definition) is 1. The first-order chi connectivity index (χ1) is 7.34. The molecule has 1 aromatic rings. The van der Waals surface area contributed by atoms with Crippen LogP contribution in [0.5, 0.6) is 0 Å². The summed E-state index contributed by atoms with van der Waals surface area (Å²) in [6.45, 7) is 1.21. The summed E-state index contributed by atoms with van der Waals surface area (Å²) in [6, 6.07) is 9.33. The van der Waals surface area contributed by atoms with E-state index >= 15 is 0 Å². The van der Waals surface area contributed by atoms with Crippen LogP contribution in [0.15, 0.2) is 28.7 Å². The second-order valence-electron chi connectivity index (χ2n) is 3.94. The van der Waals surface area contributed by atoms with Crippen molar-refractivity contribution in [1.29, 1.82) is 0 Å². The van der Waals surface area contributed by atoms with Crippen LogP contribution in [-0.2, 0) is 5.75 Å². The Morgan fingerprint density at radius 3 is 3.13 bits per heavy atom. The summed E-state index contributed by atoms with van der Waals surface area (Å²) in [5.41, 5.74) is 1.41. The lowest BCUT2D eigenvalue weighted by atomic mass is 10.2. The Kier molecular flexibility index (Phi) is 4.54. The molecule has 1 aliphatic heterocycles. The van der Waals surface area contributed by atoms with Gasteiger partial charge in [-0.2, -0.15) is 11.8 Å². The number of thioether (sulfide) groups is 1. The van der Waals surface area contributed by atoms with Crippen LogP contribution < -0.4 is 5.32 Å². The average Bonchev–Trinajstić information content (AvgIpc) is 2.71. The predicted octanol–water partition coefficient (Wildman–Crippen LogP) is 3.43. The van der Waals surface area contributed by atoms with Crippen LogP contribution in [0.25, 0.3) is 0 Å². The number of hydrogen-bond acceptors (Lipinski definition) is 2. The molecule has 0 spiro atoms. The lowest BCUT2D eigenvalue weighted by Crippen LogP contribution is -2.23. The molecule has 1 N–H and O–H groups in total. The Labute approximate surface area is 104 Å². The van der Waals surface area contributed by atoms with Crippen molar-refractivity contribution >= 4 is 27.7 Å². The standard InChI is InChI=1S/C12H16BrNS/c13-11-4-1-3-10(7-11)8-15-9-12-5-2-6-14-12/h1,3-4,7,12,14H,2,5-6,8-9H2. The maximum atomic E-state index is 3.52. The van der Waals surface area contributed by atoms with Crippen LogP contribution in [0.3, 0.4) is 0 Å². The zero-order valence-electron chi connectivity index (χ0n) is 8.71. The molecule has 1 atom stereocenters. The van der Waals surface area contributed by atoms with Gasteiger partial charge in [-0.25, -0.2) is 0 Å². The second kappa shape index (κ2) is 5.92. The van der Waals surface area contributed by atoms with Gasteiger partial charge in [0.05, 0.1) is 0 Å². The molecule has 3 heteroatoms. The van der Waals surface area contributed by atoms with Crippen LogP contribution >= 0.6 is 27.7 Å². The third kappa shape index (κ3) is 3.82. The van der Waals surface area contributed by atoms with Crippen LogP contribution in [0.1, 0.15) is 18.4 Å². The van der Waals surface area contributed by atoms with Gasteiger partial charge in [-0.15, -0.1) is 0 Å². The Hall–Kier alpha value is 0.01000. The minimum Gasteiger partial charge on any atom is -0.313 e. The molecule has 15 heavy (non-hydrogen) atoms. The summed E-state index contributed by atoms with van der Waals surface area (Å²) in [5, 5.41) is 3.52. The van der Waals surface area contributed by atoms with E-state index in [1.54, 1.807) is 0 Å². The molecule has 1 fully saturated rings. The molecule has 0 aromatic heterocycles. The molecule has 0 aliphatic carbocycles. The lowest BCUT2D eigenvalue weighted by molar-refractivity contribution is 0.674. The molecule has 0 radical (unpaired) electrons. The van der Waals surface area contributed by atoms with Crippen molar-refractivity contribution in [2.45, 2.75) is 24.6 Å². The minimum atomic E-state index is 0.752. The van der Waals surface area contributed by atoms with E-state index in [1.165, 1.54) is 35.2 Å². The largest absolute Gasteiger partial charge is 0.313 e. The van der Waals surface area contributed by atoms with E-state index in [2.05, 4.69) is 45.5 Å². The highest BCUT2D eigenvalue weighted by Crippen LogP contribution is 2.19.